The first-order valence-electron chi connectivity index (χ1n) is 10.2. The molecule has 0 spiro atoms. The van der Waals surface area contributed by atoms with Crippen LogP contribution in [0.2, 0.25) is 0 Å². The highest BCUT2D eigenvalue weighted by Crippen LogP contribution is 2.28. The van der Waals surface area contributed by atoms with Gasteiger partial charge in [-0.3, -0.25) is 4.90 Å². The maximum atomic E-state index is 12.4. The second kappa shape index (κ2) is 8.61. The lowest BCUT2D eigenvalue weighted by Gasteiger charge is -2.46. The summed E-state index contributed by atoms with van der Waals surface area (Å²) in [7, 11) is 0. The summed E-state index contributed by atoms with van der Waals surface area (Å²) < 4.78 is 5.64. The Kier molecular flexibility index (Phi) is 5.78. The van der Waals surface area contributed by atoms with Crippen LogP contribution in [-0.4, -0.2) is 54.6 Å². The smallest absolute Gasteiger partial charge is 0.317 e. The molecule has 3 heterocycles. The average Bonchev–Trinajstić information content (AvgIpc) is 3.20. The zero-order valence-corrected chi connectivity index (χ0v) is 15.8. The molecule has 0 radical (unpaired) electrons. The van der Waals surface area contributed by atoms with E-state index in [4.69, 9.17) is 4.42 Å². The van der Waals surface area contributed by atoms with E-state index >= 15 is 0 Å². The van der Waals surface area contributed by atoms with Crippen LogP contribution in [-0.2, 0) is 0 Å². The number of nitrogens with one attached hydrogen (secondary N) is 1. The lowest BCUT2D eigenvalue weighted by Crippen LogP contribution is -2.63. The number of amides is 2. The molecule has 2 fully saturated rings. The molecule has 0 aliphatic carbocycles. The predicted octanol–water partition coefficient (Wildman–Crippen LogP) is 3.68. The Labute approximate surface area is 161 Å². The number of carbonyl (C=O) groups is 1. The molecule has 5 nitrogen and oxygen atoms in total. The van der Waals surface area contributed by atoms with Crippen molar-refractivity contribution in [2.45, 2.75) is 37.6 Å². The monoisotopic (exact) mass is 367 g/mol. The molecule has 2 amide bonds. The second-order valence-corrected chi connectivity index (χ2v) is 7.65. The van der Waals surface area contributed by atoms with Crippen molar-refractivity contribution in [1.29, 1.82) is 0 Å². The van der Waals surface area contributed by atoms with E-state index in [0.717, 1.165) is 25.3 Å². The van der Waals surface area contributed by atoms with Gasteiger partial charge in [-0.1, -0.05) is 36.8 Å². The minimum Gasteiger partial charge on any atom is -0.469 e. The normalized spacial score (nSPS) is 19.5. The van der Waals surface area contributed by atoms with E-state index in [9.17, 15) is 4.79 Å². The predicted molar refractivity (Wildman–Crippen MR) is 106 cm³/mol. The minimum atomic E-state index is 0.0644. The molecule has 1 N–H and O–H groups in total. The summed E-state index contributed by atoms with van der Waals surface area (Å²) in [6.45, 7) is 4.77. The fourth-order valence-corrected chi connectivity index (χ4v) is 4.22. The van der Waals surface area contributed by atoms with Crippen LogP contribution in [0.25, 0.3) is 0 Å². The van der Waals surface area contributed by atoms with Gasteiger partial charge in [0.1, 0.15) is 5.76 Å². The summed E-state index contributed by atoms with van der Waals surface area (Å²) in [6.07, 6.45) is 6.50. The Morgan fingerprint density at radius 3 is 2.56 bits per heavy atom. The molecule has 5 heteroatoms. The topological polar surface area (TPSA) is 48.7 Å². The number of hydrogen-bond acceptors (Lipinski definition) is 3. The third kappa shape index (κ3) is 4.35. The Hall–Kier alpha value is -2.27. The zero-order valence-electron chi connectivity index (χ0n) is 15.8. The summed E-state index contributed by atoms with van der Waals surface area (Å²) in [5.41, 5.74) is 1.22. The molecular weight excluding hydrogens is 338 g/mol. The van der Waals surface area contributed by atoms with E-state index in [2.05, 4.69) is 22.3 Å². The Morgan fingerprint density at radius 1 is 1.07 bits per heavy atom. The highest BCUT2D eigenvalue weighted by Gasteiger charge is 2.35. The second-order valence-electron chi connectivity index (χ2n) is 7.65. The molecular formula is C22H29N3O2. The largest absolute Gasteiger partial charge is 0.469 e. The number of likely N-dealkylation sites (tertiary alicyclic amines) is 2. The number of hydrogen-bond donors (Lipinski definition) is 1. The Bertz CT molecular complexity index is 704. The Morgan fingerprint density at radius 2 is 1.85 bits per heavy atom. The van der Waals surface area contributed by atoms with Crippen molar-refractivity contribution >= 4 is 6.03 Å². The van der Waals surface area contributed by atoms with Gasteiger partial charge in [-0.25, -0.2) is 4.79 Å². The number of furan rings is 1. The molecule has 2 aliphatic heterocycles. The summed E-state index contributed by atoms with van der Waals surface area (Å²) in [5, 5.41) is 3.10. The van der Waals surface area contributed by atoms with Crippen molar-refractivity contribution in [2.75, 3.05) is 32.7 Å². The van der Waals surface area contributed by atoms with E-state index in [1.165, 1.54) is 37.9 Å². The van der Waals surface area contributed by atoms with Crippen molar-refractivity contribution in [3.8, 4) is 0 Å². The van der Waals surface area contributed by atoms with Crippen molar-refractivity contribution in [3.63, 3.8) is 0 Å². The van der Waals surface area contributed by atoms with E-state index in [1.54, 1.807) is 6.26 Å². The van der Waals surface area contributed by atoms with Crippen LogP contribution in [0.5, 0.6) is 0 Å². The summed E-state index contributed by atoms with van der Waals surface area (Å²) in [6, 6.07) is 14.9. The number of urea groups is 1. The van der Waals surface area contributed by atoms with E-state index in [1.807, 2.05) is 35.2 Å². The average molecular weight is 367 g/mol. The van der Waals surface area contributed by atoms with Crippen LogP contribution < -0.4 is 5.32 Å². The third-order valence-corrected chi connectivity index (χ3v) is 5.85. The van der Waals surface area contributed by atoms with Gasteiger partial charge in [-0.15, -0.1) is 0 Å². The molecule has 2 aliphatic rings. The molecule has 1 aromatic heterocycles. The summed E-state index contributed by atoms with van der Waals surface area (Å²) in [4.78, 5) is 16.9. The SMILES string of the molecule is O=C(NCC[C@H](c1ccccc1)c1ccco1)N1CC(N2CCCCC2)C1. The van der Waals surface area contributed by atoms with E-state index in [-0.39, 0.29) is 11.9 Å². The fourth-order valence-electron chi connectivity index (χ4n) is 4.22. The number of nitrogens with zero attached hydrogens (tertiary/aromatic N) is 2. The van der Waals surface area contributed by atoms with Crippen molar-refractivity contribution in [3.05, 3.63) is 60.1 Å². The van der Waals surface area contributed by atoms with Crippen LogP contribution in [0, 0.1) is 0 Å². The van der Waals surface area contributed by atoms with Crippen LogP contribution in [0.1, 0.15) is 42.9 Å². The third-order valence-electron chi connectivity index (χ3n) is 5.85. The molecule has 2 aromatic rings. The summed E-state index contributed by atoms with van der Waals surface area (Å²) in [5.74, 6) is 1.11. The van der Waals surface area contributed by atoms with Crippen molar-refractivity contribution in [2.24, 2.45) is 0 Å². The number of benzene rings is 1. The zero-order chi connectivity index (χ0) is 18.5. The summed E-state index contributed by atoms with van der Waals surface area (Å²) >= 11 is 0. The lowest BCUT2D eigenvalue weighted by atomic mass is 9.93. The van der Waals surface area contributed by atoms with Gasteiger partial charge >= 0.3 is 6.03 Å². The molecule has 0 saturated carbocycles. The van der Waals surface area contributed by atoms with Gasteiger partial charge in [0.05, 0.1) is 6.26 Å². The molecule has 0 bridgehead atoms. The molecule has 0 unspecified atom stereocenters. The van der Waals surface area contributed by atoms with Gasteiger partial charge < -0.3 is 14.6 Å². The van der Waals surface area contributed by atoms with E-state index in [0.29, 0.717) is 12.6 Å². The van der Waals surface area contributed by atoms with Crippen LogP contribution in [0.15, 0.2) is 53.1 Å². The minimum absolute atomic E-state index is 0.0644. The van der Waals surface area contributed by atoms with Crippen LogP contribution >= 0.6 is 0 Å². The highest BCUT2D eigenvalue weighted by molar-refractivity contribution is 5.75. The van der Waals surface area contributed by atoms with Gasteiger partial charge in [0.2, 0.25) is 0 Å². The first-order chi connectivity index (χ1) is 13.3. The maximum Gasteiger partial charge on any atom is 0.317 e. The van der Waals surface area contributed by atoms with Crippen LogP contribution in [0.4, 0.5) is 4.79 Å². The first-order valence-corrected chi connectivity index (χ1v) is 10.2. The maximum absolute atomic E-state index is 12.4. The standard InChI is InChI=1S/C22H29N3O2/c26-22(25-16-19(17-25)24-13-5-2-6-14-24)23-12-11-20(21-10-7-15-27-21)18-8-3-1-4-9-18/h1,3-4,7-10,15,19-20H,2,5-6,11-14,16-17H2,(H,23,26)/t20-/m1/s1. The molecule has 4 rings (SSSR count). The molecule has 1 aromatic carbocycles. The molecule has 27 heavy (non-hydrogen) atoms. The van der Waals surface area contributed by atoms with Crippen molar-refractivity contribution in [1.82, 2.24) is 15.1 Å². The van der Waals surface area contributed by atoms with E-state index < -0.39 is 0 Å². The quantitative estimate of drug-likeness (QED) is 0.847. The number of piperidine rings is 1. The molecule has 1 atom stereocenters. The van der Waals surface area contributed by atoms with Gasteiger partial charge in [0.25, 0.3) is 0 Å². The fraction of sp³-hybridized carbons (Fsp3) is 0.500. The Balaban J connectivity index is 1.25. The van der Waals surface area contributed by atoms with Gasteiger partial charge in [0, 0.05) is 31.6 Å². The van der Waals surface area contributed by atoms with Crippen LogP contribution in [0.3, 0.4) is 0 Å². The van der Waals surface area contributed by atoms with Gasteiger partial charge in [-0.2, -0.15) is 0 Å². The molecule has 2 saturated heterocycles. The number of carbonyl (C=O) groups excluding carboxylic acids is 1. The van der Waals surface area contributed by atoms with Crippen molar-refractivity contribution < 1.29 is 9.21 Å². The highest BCUT2D eigenvalue weighted by atomic mass is 16.3. The van der Waals surface area contributed by atoms with Gasteiger partial charge in [0.15, 0.2) is 0 Å². The lowest BCUT2D eigenvalue weighted by molar-refractivity contribution is 0.0451. The number of rotatable bonds is 6. The van der Waals surface area contributed by atoms with Gasteiger partial charge in [-0.05, 0) is 50.0 Å². The first kappa shape index (κ1) is 18.1. The molecule has 144 valence electrons.